The average molecular weight is 302 g/mol. The van der Waals surface area contributed by atoms with Gasteiger partial charge in [-0.25, -0.2) is 0 Å². The first-order chi connectivity index (χ1) is 10.6. The highest BCUT2D eigenvalue weighted by molar-refractivity contribution is 5.79. The van der Waals surface area contributed by atoms with Gasteiger partial charge in [-0.3, -0.25) is 4.79 Å². The van der Waals surface area contributed by atoms with E-state index in [-0.39, 0.29) is 17.6 Å². The van der Waals surface area contributed by atoms with Gasteiger partial charge in [0, 0.05) is 19.8 Å². The minimum Gasteiger partial charge on any atom is -0.378 e. The smallest absolute Gasteiger partial charge is 0.224 e. The van der Waals surface area contributed by atoms with E-state index in [4.69, 9.17) is 4.74 Å². The molecular formula is C18H26N2O2. The molecule has 4 nitrogen and oxygen atoms in total. The van der Waals surface area contributed by atoms with Crippen molar-refractivity contribution >= 4 is 11.6 Å². The number of hydrogen-bond acceptors (Lipinski definition) is 3. The van der Waals surface area contributed by atoms with Gasteiger partial charge in [0.15, 0.2) is 0 Å². The van der Waals surface area contributed by atoms with E-state index in [0.29, 0.717) is 13.0 Å². The Morgan fingerprint density at radius 2 is 1.95 bits per heavy atom. The maximum absolute atomic E-state index is 12.2. The second kappa shape index (κ2) is 6.29. The molecule has 1 aromatic carbocycles. The Balaban J connectivity index is 1.50. The number of hydrogen-bond donors (Lipinski definition) is 1. The fourth-order valence-electron chi connectivity index (χ4n) is 3.68. The van der Waals surface area contributed by atoms with Gasteiger partial charge in [-0.1, -0.05) is 25.0 Å². The van der Waals surface area contributed by atoms with Crippen LogP contribution in [0.1, 0.15) is 37.7 Å². The lowest BCUT2D eigenvalue weighted by Crippen LogP contribution is -2.37. The normalized spacial score (nSPS) is 22.9. The van der Waals surface area contributed by atoms with Gasteiger partial charge in [-0.05, 0) is 37.0 Å². The summed E-state index contributed by atoms with van der Waals surface area (Å²) >= 11 is 0. The highest BCUT2D eigenvalue weighted by atomic mass is 16.5. The quantitative estimate of drug-likeness (QED) is 0.929. The summed E-state index contributed by atoms with van der Waals surface area (Å²) in [4.78, 5) is 14.3. The van der Waals surface area contributed by atoms with Crippen LogP contribution in [0.3, 0.4) is 0 Å². The third-order valence-corrected chi connectivity index (χ3v) is 4.91. The number of nitrogens with one attached hydrogen (secondary N) is 1. The molecule has 1 aromatic rings. The van der Waals surface area contributed by atoms with Crippen LogP contribution >= 0.6 is 0 Å². The molecule has 1 aliphatic carbocycles. The van der Waals surface area contributed by atoms with Crippen molar-refractivity contribution in [2.45, 2.75) is 50.2 Å². The van der Waals surface area contributed by atoms with Gasteiger partial charge in [-0.15, -0.1) is 0 Å². The van der Waals surface area contributed by atoms with Crippen LogP contribution in [0.15, 0.2) is 24.3 Å². The van der Waals surface area contributed by atoms with Crippen LogP contribution < -0.4 is 10.2 Å². The van der Waals surface area contributed by atoms with E-state index in [1.54, 1.807) is 0 Å². The predicted molar refractivity (Wildman–Crippen MR) is 88.2 cm³/mol. The molecule has 0 aromatic heterocycles. The molecule has 2 aliphatic rings. The van der Waals surface area contributed by atoms with Gasteiger partial charge >= 0.3 is 0 Å². The molecule has 1 unspecified atom stereocenters. The van der Waals surface area contributed by atoms with Crippen LogP contribution in [0.2, 0.25) is 0 Å². The van der Waals surface area contributed by atoms with Gasteiger partial charge in [0.1, 0.15) is 0 Å². The molecule has 22 heavy (non-hydrogen) atoms. The number of rotatable bonds is 4. The Bertz CT molecular complexity index is 518. The summed E-state index contributed by atoms with van der Waals surface area (Å²) in [5.41, 5.74) is 2.28. The van der Waals surface area contributed by atoms with Crippen molar-refractivity contribution in [3.63, 3.8) is 0 Å². The summed E-state index contributed by atoms with van der Waals surface area (Å²) in [6, 6.07) is 8.34. The molecule has 1 heterocycles. The van der Waals surface area contributed by atoms with E-state index in [1.807, 2.05) is 26.2 Å². The Labute approximate surface area is 132 Å². The lowest BCUT2D eigenvalue weighted by Gasteiger charge is -2.21. The molecule has 1 N–H and O–H groups in total. The van der Waals surface area contributed by atoms with Crippen molar-refractivity contribution in [2.75, 3.05) is 25.6 Å². The van der Waals surface area contributed by atoms with Crippen molar-refractivity contribution < 1.29 is 9.53 Å². The van der Waals surface area contributed by atoms with Gasteiger partial charge in [-0.2, -0.15) is 0 Å². The van der Waals surface area contributed by atoms with Crippen LogP contribution in [0.5, 0.6) is 0 Å². The SMILES string of the molecule is CN(C)c1ccc(CC(=O)NC2COC3(CCCC3)C2)cc1. The maximum atomic E-state index is 12.2. The first-order valence-corrected chi connectivity index (χ1v) is 8.26. The number of carbonyl (C=O) groups excluding carboxylic acids is 1. The van der Waals surface area contributed by atoms with Gasteiger partial charge < -0.3 is 15.0 Å². The van der Waals surface area contributed by atoms with Crippen LogP contribution in [0.4, 0.5) is 5.69 Å². The fourth-order valence-corrected chi connectivity index (χ4v) is 3.68. The molecule has 1 atom stereocenters. The van der Waals surface area contributed by atoms with E-state index in [9.17, 15) is 4.79 Å². The lowest BCUT2D eigenvalue weighted by atomic mass is 9.96. The number of benzene rings is 1. The van der Waals surface area contributed by atoms with Crippen LogP contribution in [-0.2, 0) is 16.0 Å². The van der Waals surface area contributed by atoms with E-state index in [1.165, 1.54) is 12.8 Å². The molecule has 4 heteroatoms. The summed E-state index contributed by atoms with van der Waals surface area (Å²) in [6.45, 7) is 0.672. The van der Waals surface area contributed by atoms with E-state index >= 15 is 0 Å². The minimum absolute atomic E-state index is 0.0747. The molecule has 120 valence electrons. The van der Waals surface area contributed by atoms with Gasteiger partial charge in [0.2, 0.25) is 5.91 Å². The molecule has 0 bridgehead atoms. The third kappa shape index (κ3) is 3.43. The highest BCUT2D eigenvalue weighted by Crippen LogP contribution is 2.40. The van der Waals surface area contributed by atoms with Crippen molar-refractivity contribution in [1.82, 2.24) is 5.32 Å². The van der Waals surface area contributed by atoms with Crippen molar-refractivity contribution in [3.05, 3.63) is 29.8 Å². The first-order valence-electron chi connectivity index (χ1n) is 8.26. The first kappa shape index (κ1) is 15.3. The van der Waals surface area contributed by atoms with Crippen LogP contribution in [-0.4, -0.2) is 38.3 Å². The zero-order chi connectivity index (χ0) is 15.6. The standard InChI is InChI=1S/C18H26N2O2/c1-20(2)16-7-5-14(6-8-16)11-17(21)19-15-12-18(22-13-15)9-3-4-10-18/h5-8,15H,3-4,9-13H2,1-2H3,(H,19,21). The highest BCUT2D eigenvalue weighted by Gasteiger charge is 2.42. The van der Waals surface area contributed by atoms with Crippen molar-refractivity contribution in [2.24, 2.45) is 0 Å². The average Bonchev–Trinajstić information content (AvgIpc) is 3.10. The molecule has 1 aliphatic heterocycles. The van der Waals surface area contributed by atoms with E-state index < -0.39 is 0 Å². The second-order valence-corrected chi connectivity index (χ2v) is 6.91. The Morgan fingerprint density at radius 1 is 1.27 bits per heavy atom. The van der Waals surface area contributed by atoms with Gasteiger partial charge in [0.05, 0.1) is 24.7 Å². The molecule has 1 amide bonds. The van der Waals surface area contributed by atoms with E-state index in [0.717, 1.165) is 30.5 Å². The Kier molecular flexibility index (Phi) is 4.39. The zero-order valence-corrected chi connectivity index (χ0v) is 13.6. The summed E-state index contributed by atoms with van der Waals surface area (Å²) < 4.78 is 5.99. The molecule has 0 radical (unpaired) electrons. The van der Waals surface area contributed by atoms with Crippen LogP contribution in [0.25, 0.3) is 0 Å². The fraction of sp³-hybridized carbons (Fsp3) is 0.611. The predicted octanol–water partition coefficient (Wildman–Crippen LogP) is 2.51. The second-order valence-electron chi connectivity index (χ2n) is 6.91. The molecule has 1 saturated heterocycles. The molecule has 2 fully saturated rings. The minimum atomic E-state index is 0.0747. The topological polar surface area (TPSA) is 41.6 Å². The van der Waals surface area contributed by atoms with Crippen molar-refractivity contribution in [3.8, 4) is 0 Å². The number of carbonyl (C=O) groups is 1. The summed E-state index contributed by atoms with van der Waals surface area (Å²) in [6.07, 6.45) is 6.27. The maximum Gasteiger partial charge on any atom is 0.224 e. The Morgan fingerprint density at radius 3 is 2.59 bits per heavy atom. The van der Waals surface area contributed by atoms with Gasteiger partial charge in [0.25, 0.3) is 0 Å². The third-order valence-electron chi connectivity index (χ3n) is 4.91. The summed E-state index contributed by atoms with van der Waals surface area (Å²) in [5, 5.41) is 3.14. The number of ether oxygens (including phenoxy) is 1. The number of anilines is 1. The Hall–Kier alpha value is -1.55. The van der Waals surface area contributed by atoms with Crippen molar-refractivity contribution in [1.29, 1.82) is 0 Å². The lowest BCUT2D eigenvalue weighted by molar-refractivity contribution is -0.121. The molecule has 3 rings (SSSR count). The monoisotopic (exact) mass is 302 g/mol. The summed E-state index contributed by atoms with van der Waals surface area (Å²) in [5.74, 6) is 0.0984. The number of nitrogens with zero attached hydrogens (tertiary/aromatic N) is 1. The molecule has 1 saturated carbocycles. The molecular weight excluding hydrogens is 276 g/mol. The summed E-state index contributed by atoms with van der Waals surface area (Å²) in [7, 11) is 4.03. The number of amides is 1. The zero-order valence-electron chi connectivity index (χ0n) is 13.6. The largest absolute Gasteiger partial charge is 0.378 e. The molecule has 1 spiro atoms. The van der Waals surface area contributed by atoms with E-state index in [2.05, 4.69) is 22.3 Å². The van der Waals surface area contributed by atoms with Crippen LogP contribution in [0, 0.1) is 0 Å².